The lowest BCUT2D eigenvalue weighted by Gasteiger charge is -2.25. The van der Waals surface area contributed by atoms with E-state index in [1.165, 1.54) is 17.5 Å². The minimum absolute atomic E-state index is 0.121. The predicted molar refractivity (Wildman–Crippen MR) is 133 cm³/mol. The number of aromatic amines is 1. The summed E-state index contributed by atoms with van der Waals surface area (Å²) in [6.07, 6.45) is 9.43. The van der Waals surface area contributed by atoms with E-state index in [0.717, 1.165) is 41.3 Å². The second-order valence-electron chi connectivity index (χ2n) is 9.26. The molecule has 0 radical (unpaired) electrons. The van der Waals surface area contributed by atoms with Gasteiger partial charge in [-0.25, -0.2) is 0 Å². The van der Waals surface area contributed by atoms with Crippen molar-refractivity contribution in [2.45, 2.75) is 38.3 Å². The lowest BCUT2D eigenvalue weighted by Crippen LogP contribution is -2.29. The lowest BCUT2D eigenvalue weighted by atomic mass is 9.88. The summed E-state index contributed by atoms with van der Waals surface area (Å²) in [5.74, 6) is -1.40. The van der Waals surface area contributed by atoms with Crippen molar-refractivity contribution in [3.05, 3.63) is 107 Å². The maximum atomic E-state index is 13.4. The standard InChI is InChI=1S/C29H25N3O3/c33-27(21-10-9-19-5-1-2-6-20(19)15-21)25-26(23-16-31-24-8-4-3-7-22(23)24)32(29(35)28(25)34)17-18-11-13-30-14-12-18/h3-4,7-16,26,31,33H,1-2,5-6,17H2/b27-25+. The van der Waals surface area contributed by atoms with Crippen molar-refractivity contribution in [3.8, 4) is 0 Å². The number of likely N-dealkylation sites (tertiary alicyclic amines) is 1. The van der Waals surface area contributed by atoms with Crippen LogP contribution in [-0.4, -0.2) is 31.7 Å². The molecule has 3 heterocycles. The van der Waals surface area contributed by atoms with Crippen molar-refractivity contribution in [3.63, 3.8) is 0 Å². The molecular formula is C29H25N3O3. The molecule has 1 aliphatic carbocycles. The molecule has 1 unspecified atom stereocenters. The number of aromatic nitrogens is 2. The number of hydrogen-bond donors (Lipinski definition) is 2. The van der Waals surface area contributed by atoms with Gasteiger partial charge < -0.3 is 15.0 Å². The van der Waals surface area contributed by atoms with Gasteiger partial charge in [0.05, 0.1) is 11.6 Å². The molecule has 6 nitrogen and oxygen atoms in total. The van der Waals surface area contributed by atoms with E-state index < -0.39 is 17.7 Å². The summed E-state index contributed by atoms with van der Waals surface area (Å²) >= 11 is 0. The molecule has 0 spiro atoms. The summed E-state index contributed by atoms with van der Waals surface area (Å²) in [4.78, 5) is 35.6. The van der Waals surface area contributed by atoms with E-state index >= 15 is 0 Å². The van der Waals surface area contributed by atoms with Crippen LogP contribution in [0.3, 0.4) is 0 Å². The Kier molecular flexibility index (Phi) is 5.21. The van der Waals surface area contributed by atoms with Crippen LogP contribution in [0.1, 0.15) is 46.7 Å². The minimum Gasteiger partial charge on any atom is -0.507 e. The maximum absolute atomic E-state index is 13.4. The monoisotopic (exact) mass is 463 g/mol. The van der Waals surface area contributed by atoms with Crippen molar-refractivity contribution >= 4 is 28.4 Å². The zero-order valence-corrected chi connectivity index (χ0v) is 19.2. The van der Waals surface area contributed by atoms with Crippen LogP contribution in [0.15, 0.2) is 78.8 Å². The molecule has 0 bridgehead atoms. The Bertz CT molecular complexity index is 1490. The number of carbonyl (C=O) groups excluding carboxylic acids is 2. The SMILES string of the molecule is O=C1C(=O)N(Cc2ccncc2)C(c2c[nH]c3ccccc23)/C1=C(\O)c1ccc2c(c1)CCCC2. The second kappa shape index (κ2) is 8.55. The highest BCUT2D eigenvalue weighted by molar-refractivity contribution is 6.46. The fraction of sp³-hybridized carbons (Fsp3) is 0.207. The number of nitrogens with one attached hydrogen (secondary N) is 1. The normalized spacial score (nSPS) is 19.3. The third kappa shape index (κ3) is 3.62. The van der Waals surface area contributed by atoms with Crippen molar-refractivity contribution < 1.29 is 14.7 Å². The van der Waals surface area contributed by atoms with Crippen molar-refractivity contribution in [1.82, 2.24) is 14.9 Å². The molecule has 1 aliphatic heterocycles. The summed E-state index contributed by atoms with van der Waals surface area (Å²) in [7, 11) is 0. The molecule has 2 aromatic carbocycles. The number of amides is 1. The molecule has 0 saturated carbocycles. The molecule has 1 saturated heterocycles. The van der Waals surface area contributed by atoms with Gasteiger partial charge >= 0.3 is 0 Å². The fourth-order valence-corrected chi connectivity index (χ4v) is 5.41. The number of pyridine rings is 1. The van der Waals surface area contributed by atoms with Gasteiger partial charge in [0.2, 0.25) is 0 Å². The minimum atomic E-state index is -0.713. The van der Waals surface area contributed by atoms with Gasteiger partial charge in [0.15, 0.2) is 0 Å². The Balaban J connectivity index is 1.52. The van der Waals surface area contributed by atoms with Crippen LogP contribution in [0, 0.1) is 0 Å². The molecule has 174 valence electrons. The van der Waals surface area contributed by atoms with E-state index in [0.29, 0.717) is 5.56 Å². The van der Waals surface area contributed by atoms with E-state index in [4.69, 9.17) is 0 Å². The summed E-state index contributed by atoms with van der Waals surface area (Å²) in [5, 5.41) is 12.4. The van der Waals surface area contributed by atoms with Crippen LogP contribution in [0.2, 0.25) is 0 Å². The number of H-pyrrole nitrogens is 1. The van der Waals surface area contributed by atoms with Gasteiger partial charge in [-0.1, -0.05) is 30.3 Å². The summed E-state index contributed by atoms with van der Waals surface area (Å²) in [6, 6.07) is 16.6. The van der Waals surface area contributed by atoms with Crippen molar-refractivity contribution in [1.29, 1.82) is 0 Å². The number of aliphatic hydroxyl groups is 1. The van der Waals surface area contributed by atoms with Crippen molar-refractivity contribution in [2.24, 2.45) is 0 Å². The van der Waals surface area contributed by atoms with Crippen LogP contribution in [0.5, 0.6) is 0 Å². The number of rotatable bonds is 4. The first-order valence-corrected chi connectivity index (χ1v) is 12.0. The van der Waals surface area contributed by atoms with Crippen molar-refractivity contribution in [2.75, 3.05) is 0 Å². The number of carbonyl (C=O) groups is 2. The van der Waals surface area contributed by atoms with Gasteiger partial charge in [-0.3, -0.25) is 14.6 Å². The molecule has 35 heavy (non-hydrogen) atoms. The van der Waals surface area contributed by atoms with E-state index in [9.17, 15) is 14.7 Å². The molecule has 1 fully saturated rings. The second-order valence-corrected chi connectivity index (χ2v) is 9.26. The van der Waals surface area contributed by atoms with Gasteiger partial charge in [0.25, 0.3) is 11.7 Å². The van der Waals surface area contributed by atoms with Crippen LogP contribution in [0.4, 0.5) is 0 Å². The van der Waals surface area contributed by atoms with E-state index in [1.807, 2.05) is 60.8 Å². The maximum Gasteiger partial charge on any atom is 0.295 e. The number of para-hydroxylation sites is 1. The average Bonchev–Trinajstić information content (AvgIpc) is 3.43. The quantitative estimate of drug-likeness (QED) is 0.252. The highest BCUT2D eigenvalue weighted by Gasteiger charge is 2.46. The van der Waals surface area contributed by atoms with E-state index in [-0.39, 0.29) is 17.9 Å². The van der Waals surface area contributed by atoms with Crippen LogP contribution in [0.25, 0.3) is 16.7 Å². The average molecular weight is 464 g/mol. The van der Waals surface area contributed by atoms with Gasteiger partial charge in [0.1, 0.15) is 5.76 Å². The molecule has 2 N–H and O–H groups in total. The topological polar surface area (TPSA) is 86.3 Å². The number of ketones is 1. The molecule has 6 rings (SSSR count). The number of aryl methyl sites for hydroxylation is 2. The lowest BCUT2D eigenvalue weighted by molar-refractivity contribution is -0.140. The number of Topliss-reactive ketones (excluding diaryl/α,β-unsaturated/α-hetero) is 1. The first-order valence-electron chi connectivity index (χ1n) is 12.0. The zero-order valence-electron chi connectivity index (χ0n) is 19.2. The number of fused-ring (bicyclic) bond motifs is 2. The first kappa shape index (κ1) is 21.4. The Morgan fingerprint density at radius 1 is 1.00 bits per heavy atom. The Morgan fingerprint density at radius 2 is 1.77 bits per heavy atom. The van der Waals surface area contributed by atoms with Crippen LogP contribution < -0.4 is 0 Å². The molecular weight excluding hydrogens is 438 g/mol. The Morgan fingerprint density at radius 3 is 2.60 bits per heavy atom. The highest BCUT2D eigenvalue weighted by atomic mass is 16.3. The predicted octanol–water partition coefficient (Wildman–Crippen LogP) is 5.06. The summed E-state index contributed by atoms with van der Waals surface area (Å²) in [6.45, 7) is 0.234. The molecule has 2 aliphatic rings. The van der Waals surface area contributed by atoms with Gasteiger partial charge in [0, 0.05) is 47.2 Å². The van der Waals surface area contributed by atoms with Gasteiger partial charge in [-0.05, 0) is 66.6 Å². The Hall–Kier alpha value is -4.19. The zero-order chi connectivity index (χ0) is 23.9. The number of benzene rings is 2. The Labute approximate surface area is 202 Å². The molecule has 4 aromatic rings. The first-order chi connectivity index (χ1) is 17.1. The number of aliphatic hydroxyl groups excluding tert-OH is 1. The molecule has 1 amide bonds. The highest BCUT2D eigenvalue weighted by Crippen LogP contribution is 2.43. The largest absolute Gasteiger partial charge is 0.507 e. The number of hydrogen-bond acceptors (Lipinski definition) is 4. The summed E-state index contributed by atoms with van der Waals surface area (Å²) < 4.78 is 0. The third-order valence-electron chi connectivity index (χ3n) is 7.18. The smallest absolute Gasteiger partial charge is 0.295 e. The summed E-state index contributed by atoms with van der Waals surface area (Å²) in [5.41, 5.74) is 5.76. The third-order valence-corrected chi connectivity index (χ3v) is 7.18. The molecule has 1 atom stereocenters. The van der Waals surface area contributed by atoms with Gasteiger partial charge in [-0.15, -0.1) is 0 Å². The van der Waals surface area contributed by atoms with E-state index in [2.05, 4.69) is 9.97 Å². The fourth-order valence-electron chi connectivity index (χ4n) is 5.41. The van der Waals surface area contributed by atoms with Gasteiger partial charge in [-0.2, -0.15) is 0 Å². The molecule has 6 heteroatoms. The number of nitrogens with zero attached hydrogens (tertiary/aromatic N) is 2. The van der Waals surface area contributed by atoms with E-state index in [1.54, 1.807) is 17.3 Å². The van der Waals surface area contributed by atoms with Crippen LogP contribution in [-0.2, 0) is 29.0 Å². The molecule has 2 aromatic heterocycles. The van der Waals surface area contributed by atoms with Crippen LogP contribution >= 0.6 is 0 Å².